The Balaban J connectivity index is 1.92. The Morgan fingerprint density at radius 2 is 1.71 bits per heavy atom. The van der Waals surface area contributed by atoms with Crippen LogP contribution in [0.2, 0.25) is 5.02 Å². The molecule has 0 fully saturated rings. The smallest absolute Gasteiger partial charge is 0.296 e. The van der Waals surface area contributed by atoms with Gasteiger partial charge in [-0.25, -0.2) is 0 Å². The monoisotopic (exact) mass is 343 g/mol. The molecule has 0 spiro atoms. The van der Waals surface area contributed by atoms with Crippen LogP contribution in [-0.4, -0.2) is 28.9 Å². The van der Waals surface area contributed by atoms with Gasteiger partial charge in [0.05, 0.1) is 19.2 Å². The predicted molar refractivity (Wildman–Crippen MR) is 89.6 cm³/mol. The van der Waals surface area contributed by atoms with Gasteiger partial charge in [0.25, 0.3) is 11.8 Å². The van der Waals surface area contributed by atoms with Gasteiger partial charge < -0.3 is 9.84 Å². The number of nitrogens with zero attached hydrogens (tertiary/aromatic N) is 1. The molecule has 0 aliphatic carbocycles. The molecule has 6 heteroatoms. The summed E-state index contributed by atoms with van der Waals surface area (Å²) in [6.07, 6.45) is 0. The van der Waals surface area contributed by atoms with Crippen LogP contribution in [0.25, 0.3) is 5.57 Å². The highest BCUT2D eigenvalue weighted by atomic mass is 35.5. The fraction of sp³-hybridized carbons (Fsp3) is 0.111. The molecule has 122 valence electrons. The fourth-order valence-electron chi connectivity index (χ4n) is 2.59. The highest BCUT2D eigenvalue weighted by Gasteiger charge is 2.39. The first-order valence-electron chi connectivity index (χ1n) is 7.20. The Labute approximate surface area is 143 Å². The molecule has 24 heavy (non-hydrogen) atoms. The average Bonchev–Trinajstić information content (AvgIpc) is 2.80. The fourth-order valence-corrected chi connectivity index (χ4v) is 2.71. The largest absolute Gasteiger partial charge is 0.502 e. The Morgan fingerprint density at radius 3 is 2.38 bits per heavy atom. The molecule has 1 N–H and O–H groups in total. The van der Waals surface area contributed by atoms with E-state index in [2.05, 4.69) is 0 Å². The number of para-hydroxylation sites is 1. The first-order valence-corrected chi connectivity index (χ1v) is 7.58. The average molecular weight is 344 g/mol. The van der Waals surface area contributed by atoms with Crippen molar-refractivity contribution in [3.63, 3.8) is 0 Å². The maximum Gasteiger partial charge on any atom is 0.296 e. The van der Waals surface area contributed by atoms with E-state index in [0.29, 0.717) is 21.9 Å². The number of amides is 2. The maximum atomic E-state index is 12.6. The van der Waals surface area contributed by atoms with E-state index in [-0.39, 0.29) is 12.1 Å². The van der Waals surface area contributed by atoms with Crippen LogP contribution < -0.4 is 4.74 Å². The molecule has 0 saturated heterocycles. The number of aliphatic hydroxyl groups is 1. The number of rotatable bonds is 4. The third-order valence-corrected chi connectivity index (χ3v) is 4.05. The van der Waals surface area contributed by atoms with Crippen molar-refractivity contribution in [2.75, 3.05) is 7.11 Å². The highest BCUT2D eigenvalue weighted by molar-refractivity contribution is 6.35. The Hall–Kier alpha value is -2.79. The number of aliphatic hydroxyl groups excluding tert-OH is 1. The third kappa shape index (κ3) is 2.74. The second-order valence-corrected chi connectivity index (χ2v) is 5.68. The topological polar surface area (TPSA) is 66.8 Å². The van der Waals surface area contributed by atoms with E-state index >= 15 is 0 Å². The molecule has 0 bridgehead atoms. The summed E-state index contributed by atoms with van der Waals surface area (Å²) >= 11 is 5.83. The molecule has 1 heterocycles. The second kappa shape index (κ2) is 6.37. The van der Waals surface area contributed by atoms with Crippen molar-refractivity contribution in [3.05, 3.63) is 70.4 Å². The molecule has 1 aliphatic rings. The van der Waals surface area contributed by atoms with Crippen molar-refractivity contribution in [2.45, 2.75) is 6.54 Å². The lowest BCUT2D eigenvalue weighted by molar-refractivity contribution is -0.138. The van der Waals surface area contributed by atoms with Crippen molar-refractivity contribution in [3.8, 4) is 5.75 Å². The Bertz CT molecular complexity index is 842. The van der Waals surface area contributed by atoms with Crippen LogP contribution in [0.3, 0.4) is 0 Å². The van der Waals surface area contributed by atoms with Crippen LogP contribution in [0, 0.1) is 0 Å². The Morgan fingerprint density at radius 1 is 1.04 bits per heavy atom. The quantitative estimate of drug-likeness (QED) is 0.866. The van der Waals surface area contributed by atoms with Crippen molar-refractivity contribution in [1.29, 1.82) is 0 Å². The molecular weight excluding hydrogens is 330 g/mol. The zero-order chi connectivity index (χ0) is 17.3. The second-order valence-electron chi connectivity index (χ2n) is 5.24. The number of imide groups is 1. The molecule has 0 unspecified atom stereocenters. The summed E-state index contributed by atoms with van der Waals surface area (Å²) in [5, 5.41) is 10.6. The van der Waals surface area contributed by atoms with Crippen molar-refractivity contribution >= 4 is 29.0 Å². The minimum absolute atomic E-state index is 0.0167. The standard InChI is InChI=1S/C18H14ClNO4/c1-24-14-5-3-2-4-12(14)10-20-17(22)15(16(21)18(20)23)11-6-8-13(19)9-7-11/h2-9,21H,10H2,1H3. The lowest BCUT2D eigenvalue weighted by Gasteiger charge is -2.16. The van der Waals surface area contributed by atoms with Gasteiger partial charge in [0.15, 0.2) is 5.76 Å². The number of hydrogen-bond acceptors (Lipinski definition) is 4. The van der Waals surface area contributed by atoms with Gasteiger partial charge in [0.2, 0.25) is 0 Å². The normalized spacial score (nSPS) is 14.5. The number of methoxy groups -OCH3 is 1. The molecule has 2 amide bonds. The zero-order valence-corrected chi connectivity index (χ0v) is 13.6. The molecule has 2 aromatic carbocycles. The van der Waals surface area contributed by atoms with Crippen molar-refractivity contribution in [1.82, 2.24) is 4.90 Å². The molecule has 0 radical (unpaired) electrons. The third-order valence-electron chi connectivity index (χ3n) is 3.80. The number of carbonyl (C=O) groups excluding carboxylic acids is 2. The Kier molecular flexibility index (Phi) is 4.27. The van der Waals surface area contributed by atoms with E-state index in [9.17, 15) is 14.7 Å². The molecule has 0 aromatic heterocycles. The molecule has 0 atom stereocenters. The van der Waals surface area contributed by atoms with Crippen LogP contribution in [0.1, 0.15) is 11.1 Å². The number of benzene rings is 2. The van der Waals surface area contributed by atoms with E-state index in [1.807, 2.05) is 0 Å². The summed E-state index contributed by atoms with van der Waals surface area (Å²) < 4.78 is 5.24. The lowest BCUT2D eigenvalue weighted by atomic mass is 10.1. The van der Waals surface area contributed by atoms with Crippen LogP contribution in [0.4, 0.5) is 0 Å². The van der Waals surface area contributed by atoms with Crippen molar-refractivity contribution in [2.24, 2.45) is 0 Å². The number of carbonyl (C=O) groups is 2. The lowest BCUT2D eigenvalue weighted by Crippen LogP contribution is -2.31. The first kappa shape index (κ1) is 16.1. The van der Waals surface area contributed by atoms with Crippen LogP contribution in [-0.2, 0) is 16.1 Å². The summed E-state index contributed by atoms with van der Waals surface area (Å²) in [5.41, 5.74) is 1.09. The molecule has 1 aliphatic heterocycles. The minimum atomic E-state index is -0.726. The van der Waals surface area contributed by atoms with E-state index in [0.717, 1.165) is 4.90 Å². The van der Waals surface area contributed by atoms with E-state index in [4.69, 9.17) is 16.3 Å². The molecule has 0 saturated carbocycles. The van der Waals surface area contributed by atoms with Gasteiger partial charge in [0, 0.05) is 10.6 Å². The zero-order valence-electron chi connectivity index (χ0n) is 12.8. The van der Waals surface area contributed by atoms with Gasteiger partial charge >= 0.3 is 0 Å². The summed E-state index contributed by atoms with van der Waals surface area (Å²) in [6, 6.07) is 13.5. The van der Waals surface area contributed by atoms with Gasteiger partial charge in [-0.15, -0.1) is 0 Å². The van der Waals surface area contributed by atoms with E-state index in [1.54, 1.807) is 48.5 Å². The number of hydrogen-bond donors (Lipinski definition) is 1. The predicted octanol–water partition coefficient (Wildman–Crippen LogP) is 3.19. The maximum absolute atomic E-state index is 12.6. The van der Waals surface area contributed by atoms with Crippen LogP contribution >= 0.6 is 11.6 Å². The van der Waals surface area contributed by atoms with Gasteiger partial charge in [0.1, 0.15) is 5.75 Å². The first-order chi connectivity index (χ1) is 11.5. The molecular formula is C18H14ClNO4. The summed E-state index contributed by atoms with van der Waals surface area (Å²) in [4.78, 5) is 25.9. The molecule has 3 rings (SSSR count). The molecule has 5 nitrogen and oxygen atoms in total. The minimum Gasteiger partial charge on any atom is -0.502 e. The van der Waals surface area contributed by atoms with Crippen LogP contribution in [0.5, 0.6) is 5.75 Å². The highest BCUT2D eigenvalue weighted by Crippen LogP contribution is 2.31. The van der Waals surface area contributed by atoms with Gasteiger partial charge in [-0.3, -0.25) is 14.5 Å². The van der Waals surface area contributed by atoms with Crippen LogP contribution in [0.15, 0.2) is 54.3 Å². The van der Waals surface area contributed by atoms with Gasteiger partial charge in [-0.05, 0) is 23.8 Å². The summed E-state index contributed by atoms with van der Waals surface area (Å²) in [5.74, 6) is -1.27. The van der Waals surface area contributed by atoms with Gasteiger partial charge in [-0.1, -0.05) is 41.9 Å². The SMILES string of the molecule is COc1ccccc1CN1C(=O)C(O)=C(c2ccc(Cl)cc2)C1=O. The van der Waals surface area contributed by atoms with Gasteiger partial charge in [-0.2, -0.15) is 0 Å². The van der Waals surface area contributed by atoms with E-state index < -0.39 is 17.6 Å². The van der Waals surface area contributed by atoms with Crippen molar-refractivity contribution < 1.29 is 19.4 Å². The summed E-state index contributed by atoms with van der Waals surface area (Å²) in [6.45, 7) is 0.0167. The number of halogens is 1. The number of ether oxygens (including phenoxy) is 1. The van der Waals surface area contributed by atoms with E-state index in [1.165, 1.54) is 7.11 Å². The molecule has 2 aromatic rings. The summed E-state index contributed by atoms with van der Waals surface area (Å²) in [7, 11) is 1.52.